The molecule has 0 radical (unpaired) electrons. The number of carbonyl (C=O) groups excluding carboxylic acids is 1. The Kier molecular flexibility index (Phi) is 3.15. The number of para-hydroxylation sites is 1. The van der Waals surface area contributed by atoms with Crippen molar-refractivity contribution in [2.24, 2.45) is 0 Å². The van der Waals surface area contributed by atoms with Crippen LogP contribution in [0.2, 0.25) is 0 Å². The van der Waals surface area contributed by atoms with E-state index in [0.29, 0.717) is 11.3 Å². The average molecular weight is 292 g/mol. The molecule has 0 saturated carbocycles. The lowest BCUT2D eigenvalue weighted by Gasteiger charge is -2.06. The molecule has 0 aliphatic heterocycles. The largest absolute Gasteiger partial charge is 0.507 e. The number of phenols is 1. The van der Waals surface area contributed by atoms with Gasteiger partial charge in [-0.25, -0.2) is 0 Å². The maximum Gasteiger partial charge on any atom is 0.198 e. The van der Waals surface area contributed by atoms with Crippen molar-refractivity contribution in [3.05, 3.63) is 58.1 Å². The molecule has 0 amide bonds. The smallest absolute Gasteiger partial charge is 0.198 e. The van der Waals surface area contributed by atoms with Gasteiger partial charge in [-0.3, -0.25) is 4.79 Å². The van der Waals surface area contributed by atoms with Crippen molar-refractivity contribution in [3.63, 3.8) is 0 Å². The SMILES string of the molecule is Nc1ccc(Br)cc1C(=O)c1ccccc1O. The maximum atomic E-state index is 12.2. The van der Waals surface area contributed by atoms with Gasteiger partial charge in [0.25, 0.3) is 0 Å². The van der Waals surface area contributed by atoms with E-state index in [1.165, 1.54) is 6.07 Å². The molecule has 0 saturated heterocycles. The molecule has 2 aromatic carbocycles. The normalized spacial score (nSPS) is 10.2. The van der Waals surface area contributed by atoms with Gasteiger partial charge in [0.05, 0.1) is 5.56 Å². The van der Waals surface area contributed by atoms with Crippen LogP contribution in [0.4, 0.5) is 5.69 Å². The van der Waals surface area contributed by atoms with Gasteiger partial charge in [-0.2, -0.15) is 0 Å². The van der Waals surface area contributed by atoms with Crippen LogP contribution in [0.25, 0.3) is 0 Å². The van der Waals surface area contributed by atoms with E-state index in [0.717, 1.165) is 4.47 Å². The van der Waals surface area contributed by atoms with Crippen molar-refractivity contribution in [2.45, 2.75) is 0 Å². The van der Waals surface area contributed by atoms with Crippen LogP contribution in [0.5, 0.6) is 5.75 Å². The van der Waals surface area contributed by atoms with Crippen LogP contribution in [-0.2, 0) is 0 Å². The molecule has 0 fully saturated rings. The molecule has 2 rings (SSSR count). The van der Waals surface area contributed by atoms with E-state index in [1.807, 2.05) is 0 Å². The minimum atomic E-state index is -0.290. The highest BCUT2D eigenvalue weighted by molar-refractivity contribution is 9.10. The zero-order valence-electron chi connectivity index (χ0n) is 8.85. The molecule has 17 heavy (non-hydrogen) atoms. The summed E-state index contributed by atoms with van der Waals surface area (Å²) < 4.78 is 0.769. The van der Waals surface area contributed by atoms with Gasteiger partial charge in [0, 0.05) is 15.7 Å². The highest BCUT2D eigenvalue weighted by atomic mass is 79.9. The predicted molar refractivity (Wildman–Crippen MR) is 70.1 cm³/mol. The molecule has 0 aromatic heterocycles. The minimum absolute atomic E-state index is 0.0446. The number of anilines is 1. The summed E-state index contributed by atoms with van der Waals surface area (Å²) in [6, 6.07) is 11.5. The number of rotatable bonds is 2. The Labute approximate surface area is 107 Å². The number of ketones is 1. The molecule has 2 aromatic rings. The number of benzene rings is 2. The Morgan fingerprint density at radius 1 is 1.12 bits per heavy atom. The van der Waals surface area contributed by atoms with Crippen molar-refractivity contribution >= 4 is 27.4 Å². The molecule has 0 aliphatic carbocycles. The van der Waals surface area contributed by atoms with Crippen LogP contribution in [0, 0.1) is 0 Å². The van der Waals surface area contributed by atoms with Crippen molar-refractivity contribution in [1.29, 1.82) is 0 Å². The first-order valence-corrected chi connectivity index (χ1v) is 5.76. The lowest BCUT2D eigenvalue weighted by atomic mass is 10.0. The number of hydrogen-bond donors (Lipinski definition) is 2. The lowest BCUT2D eigenvalue weighted by Crippen LogP contribution is -2.05. The Morgan fingerprint density at radius 3 is 2.53 bits per heavy atom. The summed E-state index contributed by atoms with van der Waals surface area (Å²) >= 11 is 3.29. The van der Waals surface area contributed by atoms with Gasteiger partial charge in [0.2, 0.25) is 0 Å². The number of nitrogen functional groups attached to an aromatic ring is 1. The van der Waals surface area contributed by atoms with Gasteiger partial charge >= 0.3 is 0 Å². The third-order valence-electron chi connectivity index (χ3n) is 2.41. The zero-order chi connectivity index (χ0) is 12.4. The number of nitrogens with two attached hydrogens (primary N) is 1. The molecule has 0 heterocycles. The minimum Gasteiger partial charge on any atom is -0.507 e. The van der Waals surface area contributed by atoms with Gasteiger partial charge in [-0.1, -0.05) is 28.1 Å². The molecule has 3 N–H and O–H groups in total. The Balaban J connectivity index is 2.51. The Bertz CT molecular complexity index is 581. The van der Waals surface area contributed by atoms with Gasteiger partial charge in [0.1, 0.15) is 5.75 Å². The fraction of sp³-hybridized carbons (Fsp3) is 0. The van der Waals surface area contributed by atoms with Gasteiger partial charge < -0.3 is 10.8 Å². The van der Waals surface area contributed by atoms with Crippen LogP contribution in [0.3, 0.4) is 0 Å². The van der Waals surface area contributed by atoms with Crippen LogP contribution in [0.1, 0.15) is 15.9 Å². The van der Waals surface area contributed by atoms with Crippen LogP contribution >= 0.6 is 15.9 Å². The summed E-state index contributed by atoms with van der Waals surface area (Å²) in [4.78, 5) is 12.2. The zero-order valence-corrected chi connectivity index (χ0v) is 10.4. The fourth-order valence-electron chi connectivity index (χ4n) is 1.54. The van der Waals surface area contributed by atoms with Crippen molar-refractivity contribution in [2.75, 3.05) is 5.73 Å². The molecule has 0 unspecified atom stereocenters. The number of hydrogen-bond acceptors (Lipinski definition) is 3. The maximum absolute atomic E-state index is 12.2. The number of halogens is 1. The molecule has 3 nitrogen and oxygen atoms in total. The van der Waals surface area contributed by atoms with Gasteiger partial charge in [-0.05, 0) is 30.3 Å². The van der Waals surface area contributed by atoms with Crippen molar-refractivity contribution in [3.8, 4) is 5.75 Å². The summed E-state index contributed by atoms with van der Waals surface area (Å²) in [6.07, 6.45) is 0. The van der Waals surface area contributed by atoms with Gasteiger partial charge in [0.15, 0.2) is 5.78 Å². The average Bonchev–Trinajstić information content (AvgIpc) is 2.32. The van der Waals surface area contributed by atoms with Crippen LogP contribution in [0.15, 0.2) is 46.9 Å². The van der Waals surface area contributed by atoms with Gasteiger partial charge in [-0.15, -0.1) is 0 Å². The van der Waals surface area contributed by atoms with Crippen molar-refractivity contribution < 1.29 is 9.90 Å². The standard InChI is InChI=1S/C13H10BrNO2/c14-8-5-6-11(15)10(7-8)13(17)9-3-1-2-4-12(9)16/h1-7,16H,15H2. The van der Waals surface area contributed by atoms with E-state index < -0.39 is 0 Å². The number of aromatic hydroxyl groups is 1. The number of phenolic OH excluding ortho intramolecular Hbond substituents is 1. The second-order valence-corrected chi connectivity index (χ2v) is 4.49. The van der Waals surface area contributed by atoms with E-state index in [4.69, 9.17) is 5.73 Å². The molecule has 4 heteroatoms. The van der Waals surface area contributed by atoms with E-state index in [-0.39, 0.29) is 17.1 Å². The molecule has 0 bridgehead atoms. The second kappa shape index (κ2) is 4.59. The highest BCUT2D eigenvalue weighted by Crippen LogP contribution is 2.25. The second-order valence-electron chi connectivity index (χ2n) is 3.58. The monoisotopic (exact) mass is 291 g/mol. The van der Waals surface area contributed by atoms with Crippen LogP contribution < -0.4 is 5.73 Å². The van der Waals surface area contributed by atoms with E-state index in [2.05, 4.69) is 15.9 Å². The summed E-state index contributed by atoms with van der Waals surface area (Å²) in [5, 5.41) is 9.63. The summed E-state index contributed by atoms with van der Waals surface area (Å²) in [6.45, 7) is 0. The lowest BCUT2D eigenvalue weighted by molar-refractivity contribution is 0.103. The quantitative estimate of drug-likeness (QED) is 0.660. The molecular formula is C13H10BrNO2. The molecule has 86 valence electrons. The molecule has 0 aliphatic rings. The summed E-state index contributed by atoms with van der Waals surface area (Å²) in [7, 11) is 0. The third kappa shape index (κ3) is 2.31. The first-order chi connectivity index (χ1) is 8.09. The third-order valence-corrected chi connectivity index (χ3v) is 2.90. The molecule has 0 spiro atoms. The number of carbonyl (C=O) groups is 1. The summed E-state index contributed by atoms with van der Waals surface area (Å²) in [5.41, 5.74) is 6.77. The van der Waals surface area contributed by atoms with E-state index >= 15 is 0 Å². The van der Waals surface area contributed by atoms with E-state index in [1.54, 1.807) is 36.4 Å². The summed E-state index contributed by atoms with van der Waals surface area (Å²) in [5.74, 6) is -0.334. The molecule has 0 atom stereocenters. The Morgan fingerprint density at radius 2 is 1.82 bits per heavy atom. The van der Waals surface area contributed by atoms with Crippen molar-refractivity contribution in [1.82, 2.24) is 0 Å². The highest BCUT2D eigenvalue weighted by Gasteiger charge is 2.15. The first kappa shape index (κ1) is 11.7. The fourth-order valence-corrected chi connectivity index (χ4v) is 1.90. The van der Waals surface area contributed by atoms with E-state index in [9.17, 15) is 9.90 Å². The predicted octanol–water partition coefficient (Wildman–Crippen LogP) is 2.97. The molecular weight excluding hydrogens is 282 g/mol. The Hall–Kier alpha value is -1.81. The first-order valence-electron chi connectivity index (χ1n) is 4.97. The van der Waals surface area contributed by atoms with Crippen LogP contribution in [-0.4, -0.2) is 10.9 Å². The topological polar surface area (TPSA) is 63.3 Å².